The zero-order valence-corrected chi connectivity index (χ0v) is 10.5. The molecule has 0 radical (unpaired) electrons. The predicted octanol–water partition coefficient (Wildman–Crippen LogP) is 2.21. The number of carbonyl (C=O) groups excluding carboxylic acids is 1. The maximum Gasteiger partial charge on any atom is 0.326 e. The molecule has 0 saturated carbocycles. The van der Waals surface area contributed by atoms with Crippen LogP contribution in [0.3, 0.4) is 0 Å². The van der Waals surface area contributed by atoms with Gasteiger partial charge in [0, 0.05) is 0 Å². The normalized spacial score (nSPS) is 24.8. The Kier molecular flexibility index (Phi) is 3.48. The lowest BCUT2D eigenvalue weighted by Gasteiger charge is -2.29. The molecule has 1 aromatic rings. The molecular weight excluding hydrogens is 214 g/mol. The minimum absolute atomic E-state index is 0.110. The molecule has 0 N–H and O–H groups in total. The highest BCUT2D eigenvalue weighted by atomic mass is 16.5. The molecule has 1 aromatic carbocycles. The first-order valence-electron chi connectivity index (χ1n) is 6.05. The van der Waals surface area contributed by atoms with Crippen molar-refractivity contribution in [1.29, 1.82) is 0 Å². The van der Waals surface area contributed by atoms with Gasteiger partial charge in [-0.05, 0) is 38.9 Å². The Balaban J connectivity index is 1.94. The molecule has 1 aliphatic rings. The van der Waals surface area contributed by atoms with Crippen molar-refractivity contribution in [2.45, 2.75) is 31.9 Å². The molecule has 1 saturated heterocycles. The molecule has 2 rings (SSSR count). The second-order valence-corrected chi connectivity index (χ2v) is 4.86. The van der Waals surface area contributed by atoms with Crippen molar-refractivity contribution in [2.24, 2.45) is 0 Å². The van der Waals surface area contributed by atoms with Crippen molar-refractivity contribution in [3.63, 3.8) is 0 Å². The van der Waals surface area contributed by atoms with E-state index in [-0.39, 0.29) is 5.97 Å². The van der Waals surface area contributed by atoms with Gasteiger partial charge in [0.05, 0.1) is 0 Å². The fourth-order valence-corrected chi connectivity index (χ4v) is 2.23. The van der Waals surface area contributed by atoms with Gasteiger partial charge in [-0.2, -0.15) is 0 Å². The van der Waals surface area contributed by atoms with Gasteiger partial charge in [0.1, 0.15) is 12.1 Å². The molecule has 1 aliphatic heterocycles. The van der Waals surface area contributed by atoms with E-state index in [1.165, 1.54) is 0 Å². The summed E-state index contributed by atoms with van der Waals surface area (Å²) in [6, 6.07) is 9.79. The molecule has 1 fully saturated rings. The van der Waals surface area contributed by atoms with Crippen LogP contribution in [0.4, 0.5) is 0 Å². The topological polar surface area (TPSA) is 29.5 Å². The second-order valence-electron chi connectivity index (χ2n) is 4.86. The van der Waals surface area contributed by atoms with Crippen LogP contribution in [-0.4, -0.2) is 30.0 Å². The van der Waals surface area contributed by atoms with E-state index < -0.39 is 5.54 Å². The van der Waals surface area contributed by atoms with E-state index >= 15 is 0 Å². The Morgan fingerprint density at radius 2 is 2.12 bits per heavy atom. The summed E-state index contributed by atoms with van der Waals surface area (Å²) in [4.78, 5) is 14.2. The third-order valence-electron chi connectivity index (χ3n) is 3.65. The van der Waals surface area contributed by atoms with Crippen LogP contribution < -0.4 is 0 Å². The number of ether oxygens (including phenoxy) is 1. The van der Waals surface area contributed by atoms with Crippen LogP contribution in [0.2, 0.25) is 0 Å². The van der Waals surface area contributed by atoms with Crippen LogP contribution in [-0.2, 0) is 16.1 Å². The third-order valence-corrected chi connectivity index (χ3v) is 3.65. The van der Waals surface area contributed by atoms with E-state index in [1.807, 2.05) is 44.3 Å². The fourth-order valence-electron chi connectivity index (χ4n) is 2.23. The van der Waals surface area contributed by atoms with Crippen LogP contribution in [0.1, 0.15) is 25.3 Å². The highest BCUT2D eigenvalue weighted by molar-refractivity contribution is 5.80. The van der Waals surface area contributed by atoms with Crippen LogP contribution >= 0.6 is 0 Å². The Bertz CT molecular complexity index is 390. The summed E-state index contributed by atoms with van der Waals surface area (Å²) in [5.74, 6) is -0.110. The summed E-state index contributed by atoms with van der Waals surface area (Å²) < 4.78 is 5.40. The molecule has 0 aromatic heterocycles. The highest BCUT2D eigenvalue weighted by Gasteiger charge is 2.42. The summed E-state index contributed by atoms with van der Waals surface area (Å²) in [7, 11) is 1.98. The number of carbonyl (C=O) groups is 1. The number of rotatable bonds is 3. The van der Waals surface area contributed by atoms with Gasteiger partial charge in [0.25, 0.3) is 0 Å². The zero-order valence-electron chi connectivity index (χ0n) is 10.5. The molecule has 1 atom stereocenters. The van der Waals surface area contributed by atoms with Crippen LogP contribution in [0.15, 0.2) is 30.3 Å². The maximum absolute atomic E-state index is 12.1. The molecule has 0 bridgehead atoms. The summed E-state index contributed by atoms with van der Waals surface area (Å²) in [5.41, 5.74) is 0.597. The van der Waals surface area contributed by atoms with Crippen molar-refractivity contribution >= 4 is 5.97 Å². The van der Waals surface area contributed by atoms with Crippen molar-refractivity contribution < 1.29 is 9.53 Å². The average molecular weight is 233 g/mol. The lowest BCUT2D eigenvalue weighted by molar-refractivity contribution is -0.156. The maximum atomic E-state index is 12.1. The molecule has 0 amide bonds. The highest BCUT2D eigenvalue weighted by Crippen LogP contribution is 2.28. The monoisotopic (exact) mass is 233 g/mol. The van der Waals surface area contributed by atoms with Gasteiger partial charge in [-0.3, -0.25) is 9.69 Å². The van der Waals surface area contributed by atoms with Gasteiger partial charge < -0.3 is 4.74 Å². The number of hydrogen-bond acceptors (Lipinski definition) is 3. The first-order chi connectivity index (χ1) is 8.13. The molecule has 17 heavy (non-hydrogen) atoms. The van der Waals surface area contributed by atoms with Crippen LogP contribution in [0, 0.1) is 0 Å². The van der Waals surface area contributed by atoms with E-state index in [9.17, 15) is 4.79 Å². The SMILES string of the molecule is CN1CCC[C@@]1(C)C(=O)OCc1ccccc1. The van der Waals surface area contributed by atoms with E-state index in [1.54, 1.807) is 0 Å². The molecule has 0 aliphatic carbocycles. The van der Waals surface area contributed by atoms with E-state index in [4.69, 9.17) is 4.74 Å². The minimum Gasteiger partial charge on any atom is -0.459 e. The number of benzene rings is 1. The van der Waals surface area contributed by atoms with Gasteiger partial charge in [0.2, 0.25) is 0 Å². The smallest absolute Gasteiger partial charge is 0.326 e. The molecule has 3 nitrogen and oxygen atoms in total. The van der Waals surface area contributed by atoms with Crippen molar-refractivity contribution in [3.8, 4) is 0 Å². The molecule has 92 valence electrons. The molecular formula is C14H19NO2. The summed E-state index contributed by atoms with van der Waals surface area (Å²) >= 11 is 0. The largest absolute Gasteiger partial charge is 0.459 e. The van der Waals surface area contributed by atoms with Crippen molar-refractivity contribution in [1.82, 2.24) is 4.90 Å². The first kappa shape index (κ1) is 12.1. The Labute approximate surface area is 102 Å². The van der Waals surface area contributed by atoms with Gasteiger partial charge in [-0.1, -0.05) is 30.3 Å². The lowest BCUT2D eigenvalue weighted by atomic mass is 10.00. The third kappa shape index (κ3) is 2.50. The molecule has 1 heterocycles. The standard InChI is InChI=1S/C14H19NO2/c1-14(9-6-10-15(14)2)13(16)17-11-12-7-4-3-5-8-12/h3-5,7-8H,6,9-11H2,1-2H3/t14-/m0/s1. The van der Waals surface area contributed by atoms with Crippen molar-refractivity contribution in [3.05, 3.63) is 35.9 Å². The lowest BCUT2D eigenvalue weighted by Crippen LogP contribution is -2.46. The van der Waals surface area contributed by atoms with Gasteiger partial charge in [-0.25, -0.2) is 0 Å². The zero-order chi connectivity index (χ0) is 12.3. The van der Waals surface area contributed by atoms with E-state index in [0.29, 0.717) is 6.61 Å². The first-order valence-corrected chi connectivity index (χ1v) is 6.05. The number of hydrogen-bond donors (Lipinski definition) is 0. The number of likely N-dealkylation sites (tertiary alicyclic amines) is 1. The van der Waals surface area contributed by atoms with Crippen LogP contribution in [0.25, 0.3) is 0 Å². The number of nitrogens with zero attached hydrogens (tertiary/aromatic N) is 1. The van der Waals surface area contributed by atoms with Gasteiger partial charge in [0.15, 0.2) is 0 Å². The van der Waals surface area contributed by atoms with Crippen molar-refractivity contribution in [2.75, 3.05) is 13.6 Å². The molecule has 0 unspecified atom stereocenters. The second kappa shape index (κ2) is 4.88. The van der Waals surface area contributed by atoms with Gasteiger partial charge in [-0.15, -0.1) is 0 Å². The number of likely N-dealkylation sites (N-methyl/N-ethyl adjacent to an activating group) is 1. The summed E-state index contributed by atoms with van der Waals surface area (Å²) in [6.07, 6.45) is 1.95. The summed E-state index contributed by atoms with van der Waals surface area (Å²) in [6.45, 7) is 3.30. The fraction of sp³-hybridized carbons (Fsp3) is 0.500. The quantitative estimate of drug-likeness (QED) is 0.750. The average Bonchev–Trinajstić information content (AvgIpc) is 2.69. The Morgan fingerprint density at radius 1 is 1.41 bits per heavy atom. The molecule has 3 heteroatoms. The van der Waals surface area contributed by atoms with Crippen LogP contribution in [0.5, 0.6) is 0 Å². The Hall–Kier alpha value is -1.35. The minimum atomic E-state index is -0.436. The summed E-state index contributed by atoms with van der Waals surface area (Å²) in [5, 5.41) is 0. The Morgan fingerprint density at radius 3 is 2.71 bits per heavy atom. The van der Waals surface area contributed by atoms with E-state index in [0.717, 1.165) is 24.9 Å². The van der Waals surface area contributed by atoms with Gasteiger partial charge >= 0.3 is 5.97 Å². The number of esters is 1. The van der Waals surface area contributed by atoms with E-state index in [2.05, 4.69) is 4.90 Å². The molecule has 0 spiro atoms. The predicted molar refractivity (Wildman–Crippen MR) is 66.5 cm³/mol.